The number of carboxylic acids is 1. The Morgan fingerprint density at radius 2 is 1.95 bits per heavy atom. The molecule has 5 N–H and O–H groups in total. The predicted octanol–water partition coefficient (Wildman–Crippen LogP) is 1.41. The van der Waals surface area contributed by atoms with E-state index in [1.165, 1.54) is 25.1 Å². The molecule has 0 heterocycles. The van der Waals surface area contributed by atoms with E-state index < -0.39 is 17.9 Å². The Hall–Kier alpha value is -2.41. The second-order valence-electron chi connectivity index (χ2n) is 4.63. The maximum atomic E-state index is 11.8. The van der Waals surface area contributed by atoms with Crippen LogP contribution in [0.1, 0.15) is 37.0 Å². The topological polar surface area (TPSA) is 122 Å². The summed E-state index contributed by atoms with van der Waals surface area (Å²) in [7, 11) is 0. The molecule has 1 atom stereocenters. The van der Waals surface area contributed by atoms with E-state index in [0.29, 0.717) is 12.1 Å². The number of nitrogens with two attached hydrogens (primary N) is 1. The number of aromatic carboxylic acids is 1. The Bertz CT molecular complexity index is 557. The van der Waals surface area contributed by atoms with Crippen LogP contribution in [0.25, 0.3) is 0 Å². The monoisotopic (exact) mass is 293 g/mol. The van der Waals surface area contributed by atoms with Crippen LogP contribution in [-0.4, -0.2) is 28.9 Å². The lowest BCUT2D eigenvalue weighted by Gasteiger charge is -2.14. The molecule has 0 radical (unpaired) electrons. The Morgan fingerprint density at radius 1 is 1.29 bits per heavy atom. The van der Waals surface area contributed by atoms with Gasteiger partial charge in [-0.3, -0.25) is 9.59 Å². The number of amides is 2. The lowest BCUT2D eigenvalue weighted by atomic mass is 10.1. The first-order valence-corrected chi connectivity index (χ1v) is 6.56. The van der Waals surface area contributed by atoms with E-state index in [4.69, 9.17) is 5.73 Å². The summed E-state index contributed by atoms with van der Waals surface area (Å²) in [5.41, 5.74) is 6.06. The highest BCUT2D eigenvalue weighted by Gasteiger charge is 2.17. The molecule has 7 nitrogen and oxygen atoms in total. The average molecular weight is 293 g/mol. The molecule has 0 aromatic heterocycles. The van der Waals surface area contributed by atoms with Crippen LogP contribution in [0, 0.1) is 0 Å². The minimum atomic E-state index is -1.21. The Balaban J connectivity index is 2.99. The molecule has 0 fully saturated rings. The van der Waals surface area contributed by atoms with Crippen molar-refractivity contribution in [2.24, 2.45) is 5.73 Å². The highest BCUT2D eigenvalue weighted by Crippen LogP contribution is 2.21. The lowest BCUT2D eigenvalue weighted by Crippen LogP contribution is -2.35. The van der Waals surface area contributed by atoms with Crippen LogP contribution in [0.2, 0.25) is 0 Å². The van der Waals surface area contributed by atoms with Gasteiger partial charge in [-0.1, -0.05) is 13.3 Å². The Morgan fingerprint density at radius 3 is 2.48 bits per heavy atom. The van der Waals surface area contributed by atoms with Crippen molar-refractivity contribution in [3.05, 3.63) is 23.8 Å². The highest BCUT2D eigenvalue weighted by molar-refractivity contribution is 6.03. The molecule has 1 rings (SSSR count). The van der Waals surface area contributed by atoms with Crippen molar-refractivity contribution in [2.75, 3.05) is 10.6 Å². The van der Waals surface area contributed by atoms with Gasteiger partial charge in [-0.05, 0) is 24.6 Å². The first-order chi connectivity index (χ1) is 9.85. The van der Waals surface area contributed by atoms with Crippen LogP contribution >= 0.6 is 0 Å². The minimum Gasteiger partial charge on any atom is -0.478 e. The second-order valence-corrected chi connectivity index (χ2v) is 4.63. The summed E-state index contributed by atoms with van der Waals surface area (Å²) in [6, 6.07) is 3.52. The summed E-state index contributed by atoms with van der Waals surface area (Å²) in [4.78, 5) is 34.1. The molecule has 21 heavy (non-hydrogen) atoms. The number of anilines is 2. The predicted molar refractivity (Wildman–Crippen MR) is 79.2 cm³/mol. The molecule has 2 amide bonds. The number of hydrogen-bond acceptors (Lipinski definition) is 4. The number of carboxylic acid groups (broad SMARTS) is 1. The number of hydrogen-bond donors (Lipinski definition) is 4. The number of nitrogens with one attached hydrogen (secondary N) is 2. The van der Waals surface area contributed by atoms with Crippen LogP contribution in [-0.2, 0) is 9.59 Å². The van der Waals surface area contributed by atoms with Gasteiger partial charge in [0.15, 0.2) is 0 Å². The van der Waals surface area contributed by atoms with Crippen molar-refractivity contribution in [1.29, 1.82) is 0 Å². The van der Waals surface area contributed by atoms with Gasteiger partial charge in [0, 0.05) is 12.6 Å². The summed E-state index contributed by atoms with van der Waals surface area (Å²) < 4.78 is 0. The van der Waals surface area contributed by atoms with Crippen molar-refractivity contribution in [1.82, 2.24) is 0 Å². The van der Waals surface area contributed by atoms with Crippen LogP contribution in [0.4, 0.5) is 11.4 Å². The molecule has 0 aliphatic rings. The molecule has 1 aromatic carbocycles. The third-order valence-corrected chi connectivity index (χ3v) is 2.76. The SMILES string of the molecule is CCCC(N)C(=O)Nc1ccc(NC(C)=O)cc1C(=O)O. The van der Waals surface area contributed by atoms with Gasteiger partial charge in [-0.25, -0.2) is 4.79 Å². The molecular weight excluding hydrogens is 274 g/mol. The van der Waals surface area contributed by atoms with Crippen LogP contribution in [0.3, 0.4) is 0 Å². The second kappa shape index (κ2) is 7.39. The van der Waals surface area contributed by atoms with Gasteiger partial charge in [0.25, 0.3) is 0 Å². The van der Waals surface area contributed by atoms with E-state index in [2.05, 4.69) is 10.6 Å². The van der Waals surface area contributed by atoms with Crippen LogP contribution in [0.5, 0.6) is 0 Å². The molecule has 0 aliphatic heterocycles. The molecule has 1 aromatic rings. The van der Waals surface area contributed by atoms with E-state index in [9.17, 15) is 19.5 Å². The highest BCUT2D eigenvalue weighted by atomic mass is 16.4. The van der Waals surface area contributed by atoms with Crippen molar-refractivity contribution >= 4 is 29.2 Å². The average Bonchev–Trinajstić information content (AvgIpc) is 2.39. The van der Waals surface area contributed by atoms with Gasteiger partial charge in [-0.2, -0.15) is 0 Å². The maximum absolute atomic E-state index is 11.8. The zero-order chi connectivity index (χ0) is 16.0. The summed E-state index contributed by atoms with van der Waals surface area (Å²) in [5.74, 6) is -1.96. The van der Waals surface area contributed by atoms with E-state index >= 15 is 0 Å². The largest absolute Gasteiger partial charge is 0.478 e. The van der Waals surface area contributed by atoms with Gasteiger partial charge in [0.05, 0.1) is 17.3 Å². The van der Waals surface area contributed by atoms with Gasteiger partial charge in [0.1, 0.15) is 0 Å². The standard InChI is InChI=1S/C14H19N3O4/c1-3-4-11(15)13(19)17-12-6-5-9(16-8(2)18)7-10(12)14(20)21/h5-7,11H,3-4,15H2,1-2H3,(H,16,18)(H,17,19)(H,20,21). The fourth-order valence-corrected chi connectivity index (χ4v) is 1.78. The first kappa shape index (κ1) is 16.6. The quantitative estimate of drug-likeness (QED) is 0.631. The summed E-state index contributed by atoms with van der Waals surface area (Å²) in [5, 5.41) is 14.2. The fourth-order valence-electron chi connectivity index (χ4n) is 1.78. The van der Waals surface area contributed by atoms with Gasteiger partial charge in [-0.15, -0.1) is 0 Å². The molecule has 0 bridgehead atoms. The van der Waals surface area contributed by atoms with Gasteiger partial charge in [0.2, 0.25) is 11.8 Å². The molecule has 7 heteroatoms. The summed E-state index contributed by atoms with van der Waals surface area (Å²) >= 11 is 0. The van der Waals surface area contributed by atoms with Crippen LogP contribution in [0.15, 0.2) is 18.2 Å². The maximum Gasteiger partial charge on any atom is 0.337 e. The van der Waals surface area contributed by atoms with Crippen molar-refractivity contribution in [3.63, 3.8) is 0 Å². The summed E-state index contributed by atoms with van der Waals surface area (Å²) in [6.45, 7) is 3.22. The third-order valence-electron chi connectivity index (χ3n) is 2.76. The molecule has 0 saturated heterocycles. The number of rotatable bonds is 6. The number of carbonyl (C=O) groups is 3. The zero-order valence-electron chi connectivity index (χ0n) is 12.0. The Labute approximate surface area is 122 Å². The first-order valence-electron chi connectivity index (χ1n) is 6.56. The van der Waals surface area contributed by atoms with E-state index in [-0.39, 0.29) is 17.2 Å². The van der Waals surface area contributed by atoms with Crippen molar-refractivity contribution < 1.29 is 19.5 Å². The van der Waals surface area contributed by atoms with Crippen LogP contribution < -0.4 is 16.4 Å². The summed E-state index contributed by atoms with van der Waals surface area (Å²) in [6.07, 6.45) is 1.26. The minimum absolute atomic E-state index is 0.113. The molecule has 114 valence electrons. The number of carbonyl (C=O) groups excluding carboxylic acids is 2. The van der Waals surface area contributed by atoms with Crippen molar-refractivity contribution in [3.8, 4) is 0 Å². The zero-order valence-corrected chi connectivity index (χ0v) is 12.0. The lowest BCUT2D eigenvalue weighted by molar-refractivity contribution is -0.117. The smallest absolute Gasteiger partial charge is 0.337 e. The molecule has 1 unspecified atom stereocenters. The molecule has 0 saturated carbocycles. The van der Waals surface area contributed by atoms with E-state index in [1.807, 2.05) is 6.92 Å². The Kier molecular flexibility index (Phi) is 5.86. The normalized spacial score (nSPS) is 11.6. The molecular formula is C14H19N3O4. The molecule has 0 aliphatic carbocycles. The third kappa shape index (κ3) is 4.88. The van der Waals surface area contributed by atoms with Crippen molar-refractivity contribution in [2.45, 2.75) is 32.7 Å². The van der Waals surface area contributed by atoms with E-state index in [0.717, 1.165) is 6.42 Å². The molecule has 0 spiro atoms. The van der Waals surface area contributed by atoms with E-state index in [1.54, 1.807) is 0 Å². The fraction of sp³-hybridized carbons (Fsp3) is 0.357. The number of benzene rings is 1. The van der Waals surface area contributed by atoms with Gasteiger partial charge < -0.3 is 21.5 Å². The van der Waals surface area contributed by atoms with Gasteiger partial charge >= 0.3 is 5.97 Å².